The van der Waals surface area contributed by atoms with E-state index in [2.05, 4.69) is 26.2 Å². The van der Waals surface area contributed by atoms with Crippen LogP contribution >= 0.6 is 27.5 Å². The minimum atomic E-state index is -0.0950. The summed E-state index contributed by atoms with van der Waals surface area (Å²) in [7, 11) is 0. The summed E-state index contributed by atoms with van der Waals surface area (Å²) in [6.45, 7) is 0. The second kappa shape index (κ2) is 6.02. The number of carbonyl (C=O) groups is 1. The maximum Gasteiger partial charge on any atom is 0.224 e. The van der Waals surface area contributed by atoms with Crippen LogP contribution in [0.1, 0.15) is 12.2 Å². The molecule has 0 saturated heterocycles. The van der Waals surface area contributed by atoms with Crippen molar-refractivity contribution in [3.8, 4) is 0 Å². The van der Waals surface area contributed by atoms with Crippen LogP contribution in [0.15, 0.2) is 39.5 Å². The Hall–Kier alpha value is -1.33. The predicted molar refractivity (Wildman–Crippen MR) is 72.6 cm³/mol. The lowest BCUT2D eigenvalue weighted by molar-refractivity contribution is -0.116. The maximum absolute atomic E-state index is 11.7. The number of halogens is 2. The fraction of sp³-hybridized carbons (Fsp3) is 0.167. The molecule has 2 aromatic heterocycles. The van der Waals surface area contributed by atoms with E-state index in [-0.39, 0.29) is 5.91 Å². The first-order chi connectivity index (χ1) is 8.65. The quantitative estimate of drug-likeness (QED) is 0.871. The summed E-state index contributed by atoms with van der Waals surface area (Å²) in [5.74, 6) is 0.697. The lowest BCUT2D eigenvalue weighted by Crippen LogP contribution is -2.12. The minimum absolute atomic E-state index is 0.0950. The molecule has 0 fully saturated rings. The molecular weight excluding hydrogens is 320 g/mol. The maximum atomic E-state index is 11.7. The first-order valence-corrected chi connectivity index (χ1v) is 6.45. The molecule has 2 aromatic rings. The number of hydrogen-bond donors (Lipinski definition) is 1. The average molecular weight is 330 g/mol. The molecule has 94 valence electrons. The Morgan fingerprint density at radius 2 is 2.39 bits per heavy atom. The summed E-state index contributed by atoms with van der Waals surface area (Å²) < 4.78 is 5.80. The largest absolute Gasteiger partial charge is 0.469 e. The Balaban J connectivity index is 1.88. The summed E-state index contributed by atoms with van der Waals surface area (Å²) in [5, 5.41) is 3.11. The van der Waals surface area contributed by atoms with Crippen molar-refractivity contribution in [3.05, 3.63) is 46.0 Å². The fourth-order valence-corrected chi connectivity index (χ4v) is 1.86. The van der Waals surface area contributed by atoms with Crippen LogP contribution in [-0.4, -0.2) is 10.9 Å². The van der Waals surface area contributed by atoms with Crippen molar-refractivity contribution in [2.75, 3.05) is 5.32 Å². The number of hydrogen-bond acceptors (Lipinski definition) is 3. The highest BCUT2D eigenvalue weighted by Crippen LogP contribution is 2.22. The van der Waals surface area contributed by atoms with Gasteiger partial charge in [-0.3, -0.25) is 4.79 Å². The average Bonchev–Trinajstić information content (AvgIpc) is 2.84. The normalized spacial score (nSPS) is 10.3. The number of aromatic nitrogens is 1. The highest BCUT2D eigenvalue weighted by atomic mass is 79.9. The zero-order valence-corrected chi connectivity index (χ0v) is 11.7. The first-order valence-electron chi connectivity index (χ1n) is 5.28. The molecular formula is C12H10BrClN2O2. The van der Waals surface area contributed by atoms with Crippen LogP contribution in [0.25, 0.3) is 0 Å². The molecule has 4 nitrogen and oxygen atoms in total. The van der Waals surface area contributed by atoms with Gasteiger partial charge in [-0.1, -0.05) is 11.6 Å². The number of amides is 1. The monoisotopic (exact) mass is 328 g/mol. The van der Waals surface area contributed by atoms with E-state index in [4.69, 9.17) is 16.0 Å². The predicted octanol–water partition coefficient (Wildman–Crippen LogP) is 3.66. The molecule has 0 unspecified atom stereocenters. The molecule has 0 atom stereocenters. The van der Waals surface area contributed by atoms with Crippen molar-refractivity contribution in [1.82, 2.24) is 4.98 Å². The van der Waals surface area contributed by atoms with Gasteiger partial charge in [-0.05, 0) is 34.1 Å². The number of carbonyl (C=O) groups excluding carboxylic acids is 1. The van der Waals surface area contributed by atoms with Gasteiger partial charge in [-0.2, -0.15) is 0 Å². The van der Waals surface area contributed by atoms with Gasteiger partial charge in [0.05, 0.1) is 22.6 Å². The van der Waals surface area contributed by atoms with Gasteiger partial charge in [0.1, 0.15) is 10.9 Å². The summed E-state index contributed by atoms with van der Waals surface area (Å²) in [6.07, 6.45) is 4.03. The number of nitrogens with zero attached hydrogens (tertiary/aromatic N) is 1. The third-order valence-electron chi connectivity index (χ3n) is 2.26. The lowest BCUT2D eigenvalue weighted by atomic mass is 10.2. The SMILES string of the molecule is O=C(CCc1ccco1)Nc1cnc(Cl)c(Br)c1. The minimum Gasteiger partial charge on any atom is -0.469 e. The molecule has 0 spiro atoms. The van der Waals surface area contributed by atoms with Gasteiger partial charge >= 0.3 is 0 Å². The molecule has 1 N–H and O–H groups in total. The van der Waals surface area contributed by atoms with Crippen LogP contribution in [0.4, 0.5) is 5.69 Å². The highest BCUT2D eigenvalue weighted by molar-refractivity contribution is 9.10. The standard InChI is InChI=1S/C12H10BrClN2O2/c13-10-6-8(7-15-12(10)14)16-11(17)4-3-9-2-1-5-18-9/h1-2,5-7H,3-4H2,(H,16,17). The van der Waals surface area contributed by atoms with Gasteiger partial charge in [-0.15, -0.1) is 0 Å². The second-order valence-electron chi connectivity index (χ2n) is 3.62. The van der Waals surface area contributed by atoms with Crippen LogP contribution in [0.2, 0.25) is 5.15 Å². The number of rotatable bonds is 4. The number of pyridine rings is 1. The fourth-order valence-electron chi connectivity index (χ4n) is 1.40. The Kier molecular flexibility index (Phi) is 4.38. The van der Waals surface area contributed by atoms with Gasteiger partial charge in [0.15, 0.2) is 0 Å². The van der Waals surface area contributed by atoms with Crippen LogP contribution < -0.4 is 5.32 Å². The molecule has 6 heteroatoms. The van der Waals surface area contributed by atoms with E-state index in [9.17, 15) is 4.79 Å². The Morgan fingerprint density at radius 1 is 1.56 bits per heavy atom. The highest BCUT2D eigenvalue weighted by Gasteiger charge is 2.06. The zero-order valence-electron chi connectivity index (χ0n) is 9.32. The van der Waals surface area contributed by atoms with E-state index in [1.807, 2.05) is 6.07 Å². The second-order valence-corrected chi connectivity index (χ2v) is 4.84. The number of aryl methyl sites for hydroxylation is 1. The molecule has 0 radical (unpaired) electrons. The molecule has 0 saturated carbocycles. The summed E-state index contributed by atoms with van der Waals surface area (Å²) in [4.78, 5) is 15.6. The summed E-state index contributed by atoms with van der Waals surface area (Å²) >= 11 is 9.01. The Bertz CT molecular complexity index is 543. The van der Waals surface area contributed by atoms with E-state index in [0.29, 0.717) is 28.2 Å². The molecule has 0 aromatic carbocycles. The van der Waals surface area contributed by atoms with E-state index in [1.54, 1.807) is 18.4 Å². The van der Waals surface area contributed by atoms with Crippen molar-refractivity contribution in [2.45, 2.75) is 12.8 Å². The molecule has 2 rings (SSSR count). The van der Waals surface area contributed by atoms with Gasteiger partial charge in [0, 0.05) is 12.8 Å². The van der Waals surface area contributed by atoms with Crippen LogP contribution in [-0.2, 0) is 11.2 Å². The topological polar surface area (TPSA) is 55.1 Å². The molecule has 18 heavy (non-hydrogen) atoms. The van der Waals surface area contributed by atoms with Gasteiger partial charge in [0.2, 0.25) is 5.91 Å². The smallest absolute Gasteiger partial charge is 0.224 e. The van der Waals surface area contributed by atoms with E-state index in [0.717, 1.165) is 5.76 Å². The molecule has 2 heterocycles. The van der Waals surface area contributed by atoms with Crippen LogP contribution in [0, 0.1) is 0 Å². The Labute approximate surface area is 117 Å². The van der Waals surface area contributed by atoms with Crippen LogP contribution in [0.3, 0.4) is 0 Å². The van der Waals surface area contributed by atoms with E-state index < -0.39 is 0 Å². The molecule has 0 aliphatic carbocycles. The number of nitrogens with one attached hydrogen (secondary N) is 1. The van der Waals surface area contributed by atoms with Gasteiger partial charge in [-0.25, -0.2) is 4.98 Å². The van der Waals surface area contributed by atoms with Crippen molar-refractivity contribution < 1.29 is 9.21 Å². The zero-order chi connectivity index (χ0) is 13.0. The lowest BCUT2D eigenvalue weighted by Gasteiger charge is -2.05. The van der Waals surface area contributed by atoms with Crippen molar-refractivity contribution in [1.29, 1.82) is 0 Å². The van der Waals surface area contributed by atoms with E-state index in [1.165, 1.54) is 6.20 Å². The van der Waals surface area contributed by atoms with Crippen molar-refractivity contribution in [3.63, 3.8) is 0 Å². The van der Waals surface area contributed by atoms with Crippen molar-refractivity contribution >= 4 is 39.1 Å². The van der Waals surface area contributed by atoms with E-state index >= 15 is 0 Å². The number of furan rings is 1. The summed E-state index contributed by atoms with van der Waals surface area (Å²) in [5.41, 5.74) is 0.607. The molecule has 0 aliphatic rings. The first kappa shape index (κ1) is 13.1. The number of anilines is 1. The third-order valence-corrected chi connectivity index (χ3v) is 3.39. The molecule has 0 bridgehead atoms. The van der Waals surface area contributed by atoms with Gasteiger partial charge in [0.25, 0.3) is 0 Å². The molecule has 1 amide bonds. The van der Waals surface area contributed by atoms with Crippen molar-refractivity contribution in [2.24, 2.45) is 0 Å². The van der Waals surface area contributed by atoms with Crippen LogP contribution in [0.5, 0.6) is 0 Å². The summed E-state index contributed by atoms with van der Waals surface area (Å²) in [6, 6.07) is 5.35. The van der Waals surface area contributed by atoms with Gasteiger partial charge < -0.3 is 9.73 Å². The third kappa shape index (κ3) is 3.58. The Morgan fingerprint density at radius 3 is 3.06 bits per heavy atom. The molecule has 0 aliphatic heterocycles.